The van der Waals surface area contributed by atoms with Crippen LogP contribution in [0.25, 0.3) is 10.9 Å². The lowest BCUT2D eigenvalue weighted by Gasteiger charge is -2.36. The molecule has 1 aromatic carbocycles. The summed E-state index contributed by atoms with van der Waals surface area (Å²) in [6.07, 6.45) is 2.71. The number of alkyl halides is 3. The number of halogens is 4. The molecule has 0 radical (unpaired) electrons. The normalized spacial score (nSPS) is 18.5. The van der Waals surface area contributed by atoms with E-state index in [4.69, 9.17) is 4.98 Å². The number of carbonyl (C=O) groups excluding carboxylic acids is 1. The second-order valence-electron chi connectivity index (χ2n) is 12.0. The van der Waals surface area contributed by atoms with Gasteiger partial charge in [-0.3, -0.25) is 9.78 Å². The van der Waals surface area contributed by atoms with Gasteiger partial charge in [0.1, 0.15) is 17.2 Å². The fourth-order valence-corrected chi connectivity index (χ4v) is 5.67. The van der Waals surface area contributed by atoms with Crippen molar-refractivity contribution in [1.29, 1.82) is 0 Å². The summed E-state index contributed by atoms with van der Waals surface area (Å²) in [5, 5.41) is 13.4. The van der Waals surface area contributed by atoms with Crippen molar-refractivity contribution in [3.63, 3.8) is 0 Å². The number of H-pyrrole nitrogens is 1. The fourth-order valence-electron chi connectivity index (χ4n) is 5.67. The van der Waals surface area contributed by atoms with E-state index >= 15 is 8.78 Å². The van der Waals surface area contributed by atoms with E-state index in [2.05, 4.69) is 15.3 Å². The van der Waals surface area contributed by atoms with Gasteiger partial charge in [-0.05, 0) is 45.7 Å². The molecule has 12 heteroatoms. The van der Waals surface area contributed by atoms with E-state index in [1.807, 2.05) is 0 Å². The number of nitrogens with zero attached hydrogens (tertiary/aromatic N) is 3. The third-order valence-corrected chi connectivity index (χ3v) is 8.66. The van der Waals surface area contributed by atoms with Crippen molar-refractivity contribution in [2.24, 2.45) is 0 Å². The highest BCUT2D eigenvalue weighted by atomic mass is 19.3. The molecular formula is C30H35F4N5O3. The minimum atomic E-state index is -3.88. The number of pyridine rings is 1. The van der Waals surface area contributed by atoms with Crippen LogP contribution in [0, 0.1) is 5.82 Å². The molecule has 1 saturated carbocycles. The quantitative estimate of drug-likeness (QED) is 0.311. The number of hydrogen-bond acceptors (Lipinski definition) is 6. The zero-order valence-electron chi connectivity index (χ0n) is 24.0. The Kier molecular flexibility index (Phi) is 7.57. The second kappa shape index (κ2) is 10.6. The van der Waals surface area contributed by atoms with Gasteiger partial charge in [-0.2, -0.15) is 13.8 Å². The number of aromatic nitrogens is 3. The number of aromatic amines is 1. The molecule has 2 aliphatic rings. The number of rotatable bonds is 7. The molecule has 0 bridgehead atoms. The van der Waals surface area contributed by atoms with Gasteiger partial charge in [0, 0.05) is 49.7 Å². The molecule has 3 heterocycles. The summed E-state index contributed by atoms with van der Waals surface area (Å²) < 4.78 is 61.7. The lowest BCUT2D eigenvalue weighted by atomic mass is 9.81. The molecule has 2 aromatic heterocycles. The van der Waals surface area contributed by atoms with Gasteiger partial charge in [0.2, 0.25) is 5.91 Å². The van der Waals surface area contributed by atoms with Gasteiger partial charge in [-0.1, -0.05) is 18.6 Å². The van der Waals surface area contributed by atoms with Gasteiger partial charge < -0.3 is 20.3 Å². The SMILES string of the molecule is CC(=O)N1CCC(F)(c2cc3c(N[C@H](C)c4cccc(C(F)(F)C(C)(C)O)c4F)nc(=O)[nH]c3c(C3CCC3)n2)CC1. The summed E-state index contributed by atoms with van der Waals surface area (Å²) in [5.41, 5.74) is -5.00. The van der Waals surface area contributed by atoms with Gasteiger partial charge >= 0.3 is 11.6 Å². The average molecular weight is 590 g/mol. The van der Waals surface area contributed by atoms with Crippen LogP contribution in [0.5, 0.6) is 0 Å². The van der Waals surface area contributed by atoms with E-state index in [1.54, 1.807) is 4.90 Å². The molecule has 1 aliphatic carbocycles. The summed E-state index contributed by atoms with van der Waals surface area (Å²) >= 11 is 0. The highest BCUT2D eigenvalue weighted by Gasteiger charge is 2.49. The van der Waals surface area contributed by atoms with E-state index in [0.29, 0.717) is 16.6 Å². The van der Waals surface area contributed by atoms with E-state index in [9.17, 15) is 23.5 Å². The van der Waals surface area contributed by atoms with Crippen LogP contribution in [0.4, 0.5) is 23.4 Å². The van der Waals surface area contributed by atoms with E-state index in [-0.39, 0.29) is 54.8 Å². The Labute approximate surface area is 240 Å². The maximum atomic E-state index is 16.4. The Morgan fingerprint density at radius 1 is 1.21 bits per heavy atom. The first-order valence-electron chi connectivity index (χ1n) is 14.2. The Morgan fingerprint density at radius 2 is 1.88 bits per heavy atom. The van der Waals surface area contributed by atoms with Crippen molar-refractivity contribution in [2.75, 3.05) is 18.4 Å². The first-order chi connectivity index (χ1) is 19.6. The molecule has 1 aliphatic heterocycles. The van der Waals surface area contributed by atoms with Crippen LogP contribution in [-0.2, 0) is 16.4 Å². The van der Waals surface area contributed by atoms with Crippen molar-refractivity contribution in [1.82, 2.24) is 19.9 Å². The number of aliphatic hydroxyl groups is 1. The van der Waals surface area contributed by atoms with Crippen LogP contribution < -0.4 is 11.0 Å². The van der Waals surface area contributed by atoms with E-state index < -0.39 is 40.3 Å². The lowest BCUT2D eigenvalue weighted by Crippen LogP contribution is -2.42. The summed E-state index contributed by atoms with van der Waals surface area (Å²) in [6.45, 7) is 5.25. The Balaban J connectivity index is 1.58. The minimum absolute atomic E-state index is 0.00914. The smallest absolute Gasteiger partial charge is 0.347 e. The van der Waals surface area contributed by atoms with Crippen LogP contribution in [-0.4, -0.2) is 49.6 Å². The minimum Gasteiger partial charge on any atom is -0.384 e. The van der Waals surface area contributed by atoms with Crippen molar-refractivity contribution in [3.05, 3.63) is 63.1 Å². The number of anilines is 1. The van der Waals surface area contributed by atoms with Crippen molar-refractivity contribution >= 4 is 22.6 Å². The number of piperidine rings is 1. The van der Waals surface area contributed by atoms with Crippen LogP contribution >= 0.6 is 0 Å². The summed E-state index contributed by atoms with van der Waals surface area (Å²) in [6, 6.07) is 4.10. The molecule has 3 N–H and O–H groups in total. The number of fused-ring (bicyclic) bond motifs is 1. The highest BCUT2D eigenvalue weighted by Crippen LogP contribution is 2.44. The molecule has 1 atom stereocenters. The predicted octanol–water partition coefficient (Wildman–Crippen LogP) is 5.57. The highest BCUT2D eigenvalue weighted by molar-refractivity contribution is 5.91. The van der Waals surface area contributed by atoms with Crippen molar-refractivity contribution < 1.29 is 27.5 Å². The van der Waals surface area contributed by atoms with Crippen LogP contribution in [0.3, 0.4) is 0 Å². The molecule has 226 valence electrons. The van der Waals surface area contributed by atoms with E-state index in [1.165, 1.54) is 32.0 Å². The second-order valence-corrected chi connectivity index (χ2v) is 12.0. The van der Waals surface area contributed by atoms with Gasteiger partial charge in [-0.15, -0.1) is 0 Å². The van der Waals surface area contributed by atoms with Gasteiger partial charge in [0.15, 0.2) is 5.67 Å². The Hall–Kier alpha value is -3.54. The van der Waals surface area contributed by atoms with Gasteiger partial charge in [0.05, 0.1) is 28.5 Å². The van der Waals surface area contributed by atoms with Crippen LogP contribution in [0.15, 0.2) is 29.1 Å². The Morgan fingerprint density at radius 3 is 2.45 bits per heavy atom. The molecule has 2 fully saturated rings. The summed E-state index contributed by atoms with van der Waals surface area (Å²) in [5.74, 6) is -5.16. The fraction of sp³-hybridized carbons (Fsp3) is 0.533. The molecular weight excluding hydrogens is 554 g/mol. The maximum absolute atomic E-state index is 16.4. The zero-order valence-corrected chi connectivity index (χ0v) is 24.0. The molecule has 8 nitrogen and oxygen atoms in total. The first-order valence-corrected chi connectivity index (χ1v) is 14.2. The topological polar surface area (TPSA) is 111 Å². The lowest BCUT2D eigenvalue weighted by molar-refractivity contribution is -0.170. The first kappa shape index (κ1) is 29.9. The standard InChI is InChI=1S/C30H35F4N5O3/c1-16(19-9-6-10-21(23(19)31)30(33,34)28(3,4)42)35-26-20-15-22(29(32)11-13-39(14-12-29)17(2)40)36-24(18-7-5-8-18)25(20)37-27(41)38-26/h6,9-10,15-16,18,42H,5,7-8,11-14H2,1-4H3,(H2,35,37,38,41)/t16-/m1/s1. The third-order valence-electron chi connectivity index (χ3n) is 8.66. The van der Waals surface area contributed by atoms with Gasteiger partial charge in [0.25, 0.3) is 0 Å². The summed E-state index contributed by atoms with van der Waals surface area (Å²) in [4.78, 5) is 37.6. The number of hydrogen-bond donors (Lipinski definition) is 3. The average Bonchev–Trinajstić information content (AvgIpc) is 2.87. The van der Waals surface area contributed by atoms with Crippen molar-refractivity contribution in [3.8, 4) is 0 Å². The van der Waals surface area contributed by atoms with Crippen LogP contribution in [0.2, 0.25) is 0 Å². The predicted molar refractivity (Wildman–Crippen MR) is 150 cm³/mol. The molecule has 3 aromatic rings. The summed E-state index contributed by atoms with van der Waals surface area (Å²) in [7, 11) is 0. The van der Waals surface area contributed by atoms with Crippen molar-refractivity contribution in [2.45, 2.75) is 89.0 Å². The maximum Gasteiger partial charge on any atom is 0.347 e. The molecule has 0 unspecified atom stereocenters. The molecule has 0 spiro atoms. The largest absolute Gasteiger partial charge is 0.384 e. The molecule has 42 heavy (non-hydrogen) atoms. The zero-order chi connectivity index (χ0) is 30.6. The number of nitrogens with one attached hydrogen (secondary N) is 2. The number of carbonyl (C=O) groups is 1. The van der Waals surface area contributed by atoms with E-state index in [0.717, 1.165) is 39.2 Å². The number of amides is 1. The van der Waals surface area contributed by atoms with Crippen LogP contribution in [0.1, 0.15) is 94.3 Å². The van der Waals surface area contributed by atoms with Gasteiger partial charge in [-0.25, -0.2) is 13.6 Å². The third kappa shape index (κ3) is 5.25. The number of likely N-dealkylation sites (tertiary alicyclic amines) is 1. The molecule has 5 rings (SSSR count). The molecule has 1 saturated heterocycles. The Bertz CT molecular complexity index is 1570. The number of benzene rings is 1. The molecule has 1 amide bonds. The monoisotopic (exact) mass is 589 g/mol.